The molecular weight excluding hydrogens is 567 g/mol. The Morgan fingerprint density at radius 3 is 1.39 bits per heavy atom. The summed E-state index contributed by atoms with van der Waals surface area (Å²) in [5.74, 6) is 0. The Kier molecular flexibility index (Phi) is 6.70. The van der Waals surface area contributed by atoms with Gasteiger partial charge in [0, 0.05) is 35.7 Å². The van der Waals surface area contributed by atoms with Crippen LogP contribution in [0.3, 0.4) is 0 Å². The number of hydrogen-bond acceptors (Lipinski definition) is 10. The van der Waals surface area contributed by atoms with Crippen LogP contribution in [0.5, 0.6) is 0 Å². The second kappa shape index (κ2) is 10.3. The Morgan fingerprint density at radius 1 is 0.605 bits per heavy atom. The molecule has 190 valence electrons. The standard InChI is InChI=1S/C24H16Cl2N8O2S2/c25-15-5-1-13(2-6-15)11-17-21(35)33-23(29-27-17)37-19(31-33)9-10-20-32-34-22(36)18(28-30-24(34)38-20)12-14-3-7-16(26)8-4-14/h1-8H,9-12H2. The highest BCUT2D eigenvalue weighted by atomic mass is 35.5. The van der Waals surface area contributed by atoms with Gasteiger partial charge in [-0.3, -0.25) is 9.59 Å². The fraction of sp³-hybridized carbons (Fsp3) is 0.167. The molecule has 0 unspecified atom stereocenters. The van der Waals surface area contributed by atoms with Crippen molar-refractivity contribution in [3.8, 4) is 0 Å². The molecule has 0 spiro atoms. The predicted molar refractivity (Wildman–Crippen MR) is 146 cm³/mol. The van der Waals surface area contributed by atoms with E-state index < -0.39 is 0 Å². The van der Waals surface area contributed by atoms with Gasteiger partial charge in [-0.1, -0.05) is 70.1 Å². The predicted octanol–water partition coefficient (Wildman–Crippen LogP) is 3.68. The van der Waals surface area contributed by atoms with Crippen molar-refractivity contribution in [1.29, 1.82) is 0 Å². The van der Waals surface area contributed by atoms with Crippen LogP contribution in [-0.2, 0) is 25.7 Å². The minimum absolute atomic E-state index is 0.303. The number of halogens is 2. The molecule has 0 fully saturated rings. The number of fused-ring (bicyclic) bond motifs is 2. The van der Waals surface area contributed by atoms with E-state index >= 15 is 0 Å². The monoisotopic (exact) mass is 582 g/mol. The van der Waals surface area contributed by atoms with Gasteiger partial charge in [-0.25, -0.2) is 0 Å². The van der Waals surface area contributed by atoms with E-state index in [9.17, 15) is 9.59 Å². The first-order chi connectivity index (χ1) is 18.4. The molecule has 0 N–H and O–H groups in total. The van der Waals surface area contributed by atoms with E-state index in [4.69, 9.17) is 23.2 Å². The van der Waals surface area contributed by atoms with Crippen LogP contribution in [0.15, 0.2) is 58.1 Å². The van der Waals surface area contributed by atoms with E-state index in [0.29, 0.717) is 67.1 Å². The number of rotatable bonds is 7. The lowest BCUT2D eigenvalue weighted by Crippen LogP contribution is -2.22. The van der Waals surface area contributed by atoms with Gasteiger partial charge < -0.3 is 0 Å². The maximum Gasteiger partial charge on any atom is 0.297 e. The van der Waals surface area contributed by atoms with E-state index in [1.807, 2.05) is 24.3 Å². The lowest BCUT2D eigenvalue weighted by Gasteiger charge is -2.00. The largest absolute Gasteiger partial charge is 0.297 e. The van der Waals surface area contributed by atoms with Crippen LogP contribution in [0.1, 0.15) is 32.5 Å². The van der Waals surface area contributed by atoms with Crippen LogP contribution >= 0.6 is 45.9 Å². The van der Waals surface area contributed by atoms with Gasteiger partial charge >= 0.3 is 0 Å². The van der Waals surface area contributed by atoms with Crippen molar-refractivity contribution in [3.63, 3.8) is 0 Å². The SMILES string of the molecule is O=c1c(Cc2ccc(Cl)cc2)nnc2sc(CCc3nn4c(=O)c(Cc5ccc(Cl)cc5)nnc4s3)nn12. The van der Waals surface area contributed by atoms with Crippen LogP contribution in [0.4, 0.5) is 0 Å². The zero-order valence-electron chi connectivity index (χ0n) is 19.4. The topological polar surface area (TPSA) is 120 Å². The van der Waals surface area contributed by atoms with Crippen LogP contribution in [0.2, 0.25) is 10.0 Å². The normalized spacial score (nSPS) is 11.5. The van der Waals surface area contributed by atoms with Gasteiger partial charge in [0.2, 0.25) is 9.92 Å². The third kappa shape index (κ3) is 5.07. The first-order valence-electron chi connectivity index (χ1n) is 11.4. The van der Waals surface area contributed by atoms with E-state index in [1.54, 1.807) is 24.3 Å². The van der Waals surface area contributed by atoms with Crippen molar-refractivity contribution < 1.29 is 0 Å². The maximum absolute atomic E-state index is 12.9. The quantitative estimate of drug-likeness (QED) is 0.279. The minimum Gasteiger partial charge on any atom is -0.265 e. The fourth-order valence-electron chi connectivity index (χ4n) is 3.80. The van der Waals surface area contributed by atoms with E-state index in [-0.39, 0.29) is 11.1 Å². The molecule has 0 amide bonds. The van der Waals surface area contributed by atoms with Crippen LogP contribution in [0, 0.1) is 0 Å². The van der Waals surface area contributed by atoms with Crippen molar-refractivity contribution in [2.45, 2.75) is 25.7 Å². The fourth-order valence-corrected chi connectivity index (χ4v) is 5.71. The Labute approximate surface area is 232 Å². The molecule has 38 heavy (non-hydrogen) atoms. The summed E-state index contributed by atoms with van der Waals surface area (Å²) in [5.41, 5.74) is 1.81. The summed E-state index contributed by atoms with van der Waals surface area (Å²) in [6.07, 6.45) is 1.69. The average Bonchev–Trinajstić information content (AvgIpc) is 3.53. The summed E-state index contributed by atoms with van der Waals surface area (Å²) in [4.78, 5) is 26.7. The van der Waals surface area contributed by atoms with Crippen LogP contribution < -0.4 is 11.1 Å². The molecule has 6 rings (SSSR count). The Morgan fingerprint density at radius 2 is 1.00 bits per heavy atom. The summed E-state index contributed by atoms with van der Waals surface area (Å²) in [5, 5.41) is 28.2. The lowest BCUT2D eigenvalue weighted by molar-refractivity contribution is 0.765. The van der Waals surface area contributed by atoms with Crippen molar-refractivity contribution in [3.05, 3.63) is 112 Å². The first kappa shape index (κ1) is 24.7. The molecule has 6 aromatic rings. The molecule has 0 aliphatic rings. The molecule has 0 saturated heterocycles. The average molecular weight is 583 g/mol. The molecule has 0 bridgehead atoms. The van der Waals surface area contributed by atoms with Gasteiger partial charge in [0.25, 0.3) is 11.1 Å². The summed E-state index contributed by atoms with van der Waals surface area (Å²) in [6.45, 7) is 0. The number of aromatic nitrogens is 8. The highest BCUT2D eigenvalue weighted by Crippen LogP contribution is 2.18. The van der Waals surface area contributed by atoms with Gasteiger partial charge in [-0.05, 0) is 35.4 Å². The Bertz CT molecular complexity index is 1760. The summed E-state index contributed by atoms with van der Waals surface area (Å²) < 4.78 is 2.57. The molecule has 0 aliphatic carbocycles. The third-order valence-electron chi connectivity index (χ3n) is 5.72. The van der Waals surface area contributed by atoms with Crippen LogP contribution in [-0.4, -0.2) is 39.6 Å². The Balaban J connectivity index is 1.19. The highest BCUT2D eigenvalue weighted by Gasteiger charge is 2.16. The summed E-state index contributed by atoms with van der Waals surface area (Å²) >= 11 is 14.5. The van der Waals surface area contributed by atoms with Gasteiger partial charge in [0.05, 0.1) is 0 Å². The number of benzene rings is 2. The molecule has 0 saturated carbocycles. The number of aryl methyl sites for hydroxylation is 2. The molecule has 14 heteroatoms. The van der Waals surface area contributed by atoms with E-state index in [1.165, 1.54) is 31.7 Å². The van der Waals surface area contributed by atoms with Gasteiger partial charge in [0.15, 0.2) is 0 Å². The maximum atomic E-state index is 12.9. The van der Waals surface area contributed by atoms with Gasteiger partial charge in [-0.15, -0.1) is 20.4 Å². The molecule has 4 heterocycles. The van der Waals surface area contributed by atoms with Gasteiger partial charge in [0.1, 0.15) is 21.4 Å². The molecule has 2 aromatic carbocycles. The summed E-state index contributed by atoms with van der Waals surface area (Å²) in [7, 11) is 0. The minimum atomic E-state index is -0.303. The van der Waals surface area contributed by atoms with Crippen molar-refractivity contribution in [2.24, 2.45) is 0 Å². The van der Waals surface area contributed by atoms with E-state index in [2.05, 4.69) is 30.6 Å². The first-order valence-corrected chi connectivity index (χ1v) is 13.8. The second-order valence-corrected chi connectivity index (χ2v) is 11.3. The van der Waals surface area contributed by atoms with Crippen molar-refractivity contribution in [1.82, 2.24) is 39.6 Å². The molecular formula is C24H16Cl2N8O2S2. The Hall–Kier alpha value is -3.58. The summed E-state index contributed by atoms with van der Waals surface area (Å²) in [6, 6.07) is 14.5. The number of nitrogens with zero attached hydrogens (tertiary/aromatic N) is 8. The zero-order chi connectivity index (χ0) is 26.2. The zero-order valence-corrected chi connectivity index (χ0v) is 22.6. The lowest BCUT2D eigenvalue weighted by atomic mass is 10.1. The molecule has 0 radical (unpaired) electrons. The second-order valence-electron chi connectivity index (χ2n) is 8.39. The van der Waals surface area contributed by atoms with Crippen molar-refractivity contribution in [2.75, 3.05) is 0 Å². The van der Waals surface area contributed by atoms with Crippen molar-refractivity contribution >= 4 is 55.8 Å². The molecule has 10 nitrogen and oxygen atoms in total. The smallest absolute Gasteiger partial charge is 0.265 e. The van der Waals surface area contributed by atoms with Crippen LogP contribution in [0.25, 0.3) is 9.92 Å². The number of hydrogen-bond donors (Lipinski definition) is 0. The van der Waals surface area contributed by atoms with Gasteiger partial charge in [-0.2, -0.15) is 19.2 Å². The third-order valence-corrected chi connectivity index (χ3v) is 8.14. The molecule has 4 aromatic heterocycles. The molecule has 0 aliphatic heterocycles. The molecule has 0 atom stereocenters. The van der Waals surface area contributed by atoms with E-state index in [0.717, 1.165) is 11.1 Å². The highest BCUT2D eigenvalue weighted by molar-refractivity contribution is 7.17.